The Hall–Kier alpha value is -1.29. The van der Waals surface area contributed by atoms with E-state index in [2.05, 4.69) is 4.90 Å². The van der Waals surface area contributed by atoms with Crippen molar-refractivity contribution in [3.8, 4) is 0 Å². The number of aryl methyl sites for hydroxylation is 1. The van der Waals surface area contributed by atoms with Crippen molar-refractivity contribution < 1.29 is 14.3 Å². The van der Waals surface area contributed by atoms with Crippen LogP contribution < -0.4 is 0 Å². The van der Waals surface area contributed by atoms with Gasteiger partial charge in [-0.25, -0.2) is 0 Å². The highest BCUT2D eigenvalue weighted by Gasteiger charge is 2.40. The average Bonchev–Trinajstić information content (AvgIpc) is 2.75. The van der Waals surface area contributed by atoms with Gasteiger partial charge in [0, 0.05) is 6.54 Å². The first-order valence-corrected chi connectivity index (χ1v) is 6.99. The van der Waals surface area contributed by atoms with Crippen molar-refractivity contribution in [3.05, 3.63) is 23.7 Å². The zero-order valence-electron chi connectivity index (χ0n) is 11.8. The molecule has 4 heteroatoms. The number of rotatable bonds is 5. The maximum Gasteiger partial charge on any atom is 0.310 e. The van der Waals surface area contributed by atoms with Gasteiger partial charge in [0.2, 0.25) is 0 Å². The van der Waals surface area contributed by atoms with E-state index < -0.39 is 11.4 Å². The van der Waals surface area contributed by atoms with Crippen molar-refractivity contribution >= 4 is 5.97 Å². The average molecular weight is 265 g/mol. The van der Waals surface area contributed by atoms with Crippen molar-refractivity contribution in [1.82, 2.24) is 4.90 Å². The summed E-state index contributed by atoms with van der Waals surface area (Å²) in [5, 5.41) is 9.56. The van der Waals surface area contributed by atoms with Gasteiger partial charge in [-0.1, -0.05) is 19.3 Å². The smallest absolute Gasteiger partial charge is 0.310 e. The normalized spacial score (nSPS) is 18.7. The minimum atomic E-state index is -0.644. The molecule has 4 nitrogen and oxygen atoms in total. The molecule has 1 aromatic heterocycles. The summed E-state index contributed by atoms with van der Waals surface area (Å²) in [7, 11) is 1.97. The van der Waals surface area contributed by atoms with E-state index in [0.717, 1.165) is 43.6 Å². The van der Waals surface area contributed by atoms with Crippen molar-refractivity contribution in [1.29, 1.82) is 0 Å². The molecule has 0 bridgehead atoms. The predicted molar refractivity (Wildman–Crippen MR) is 72.9 cm³/mol. The quantitative estimate of drug-likeness (QED) is 0.889. The zero-order chi connectivity index (χ0) is 13.9. The van der Waals surface area contributed by atoms with Gasteiger partial charge >= 0.3 is 5.97 Å². The van der Waals surface area contributed by atoms with Crippen LogP contribution in [0.25, 0.3) is 0 Å². The van der Waals surface area contributed by atoms with Crippen molar-refractivity contribution in [3.63, 3.8) is 0 Å². The summed E-state index contributed by atoms with van der Waals surface area (Å²) >= 11 is 0. The minimum Gasteiger partial charge on any atom is -0.481 e. The number of hydrogen-bond acceptors (Lipinski definition) is 3. The number of aliphatic carboxylic acids is 1. The molecular formula is C15H23NO3. The van der Waals surface area contributed by atoms with Gasteiger partial charge in [0.25, 0.3) is 0 Å². The Morgan fingerprint density at radius 2 is 2.05 bits per heavy atom. The molecule has 19 heavy (non-hydrogen) atoms. The van der Waals surface area contributed by atoms with Gasteiger partial charge in [-0.15, -0.1) is 0 Å². The number of carboxylic acids is 1. The highest BCUT2D eigenvalue weighted by atomic mass is 16.4. The van der Waals surface area contributed by atoms with Crippen LogP contribution in [0, 0.1) is 12.3 Å². The van der Waals surface area contributed by atoms with Gasteiger partial charge in [-0.2, -0.15) is 0 Å². The fourth-order valence-corrected chi connectivity index (χ4v) is 3.08. The fraction of sp³-hybridized carbons (Fsp3) is 0.667. The molecule has 1 aliphatic rings. The Bertz CT molecular complexity index is 432. The Balaban J connectivity index is 1.98. The molecule has 1 fully saturated rings. The van der Waals surface area contributed by atoms with E-state index in [0.29, 0.717) is 13.1 Å². The summed E-state index contributed by atoms with van der Waals surface area (Å²) < 4.78 is 5.55. The second-order valence-electron chi connectivity index (χ2n) is 5.83. The van der Waals surface area contributed by atoms with Gasteiger partial charge < -0.3 is 9.52 Å². The Kier molecular flexibility index (Phi) is 4.30. The lowest BCUT2D eigenvalue weighted by Crippen LogP contribution is -2.43. The number of nitrogens with zero attached hydrogens (tertiary/aromatic N) is 1. The van der Waals surface area contributed by atoms with Crippen LogP contribution in [-0.2, 0) is 11.3 Å². The summed E-state index contributed by atoms with van der Waals surface area (Å²) in [6.07, 6.45) is 4.81. The van der Waals surface area contributed by atoms with Crippen LogP contribution in [0.2, 0.25) is 0 Å². The lowest BCUT2D eigenvalue weighted by molar-refractivity contribution is -0.152. The molecule has 0 saturated heterocycles. The second-order valence-corrected chi connectivity index (χ2v) is 5.83. The van der Waals surface area contributed by atoms with Gasteiger partial charge in [0.05, 0.1) is 12.0 Å². The van der Waals surface area contributed by atoms with E-state index in [9.17, 15) is 9.90 Å². The Morgan fingerprint density at radius 3 is 2.58 bits per heavy atom. The molecule has 106 valence electrons. The first-order chi connectivity index (χ1) is 9.02. The van der Waals surface area contributed by atoms with E-state index in [1.165, 1.54) is 0 Å². The molecule has 0 atom stereocenters. The maximum absolute atomic E-state index is 11.6. The monoisotopic (exact) mass is 265 g/mol. The van der Waals surface area contributed by atoms with Gasteiger partial charge in [0.1, 0.15) is 11.5 Å². The van der Waals surface area contributed by atoms with Crippen LogP contribution in [0.15, 0.2) is 16.5 Å². The van der Waals surface area contributed by atoms with E-state index in [1.807, 2.05) is 26.1 Å². The number of carbonyl (C=O) groups is 1. The van der Waals surface area contributed by atoms with E-state index in [4.69, 9.17) is 4.42 Å². The van der Waals surface area contributed by atoms with E-state index in [-0.39, 0.29) is 0 Å². The molecule has 1 saturated carbocycles. The van der Waals surface area contributed by atoms with Crippen molar-refractivity contribution in [2.24, 2.45) is 5.41 Å². The molecule has 1 heterocycles. The Labute approximate surface area is 114 Å². The molecule has 1 aromatic rings. The van der Waals surface area contributed by atoms with Crippen LogP contribution in [0.5, 0.6) is 0 Å². The zero-order valence-corrected chi connectivity index (χ0v) is 11.8. The summed E-state index contributed by atoms with van der Waals surface area (Å²) in [5.41, 5.74) is -0.561. The molecule has 0 aliphatic heterocycles. The van der Waals surface area contributed by atoms with Gasteiger partial charge in [-0.3, -0.25) is 9.69 Å². The SMILES string of the molecule is Cc1ccc(CN(C)CC2(C(=O)O)CCCCC2)o1. The molecule has 1 aliphatic carbocycles. The van der Waals surface area contributed by atoms with Crippen LogP contribution in [0.4, 0.5) is 0 Å². The number of hydrogen-bond donors (Lipinski definition) is 1. The minimum absolute atomic E-state index is 0.561. The third kappa shape index (κ3) is 3.38. The van der Waals surface area contributed by atoms with E-state index in [1.54, 1.807) is 0 Å². The number of carboxylic acid groups (broad SMARTS) is 1. The largest absolute Gasteiger partial charge is 0.481 e. The van der Waals surface area contributed by atoms with Crippen molar-refractivity contribution in [2.45, 2.75) is 45.6 Å². The standard InChI is InChI=1S/C15H23NO3/c1-12-6-7-13(19-12)10-16(2)11-15(14(17)18)8-4-3-5-9-15/h6-7H,3-5,8-11H2,1-2H3,(H,17,18). The first-order valence-electron chi connectivity index (χ1n) is 6.99. The van der Waals surface area contributed by atoms with Crippen molar-refractivity contribution in [2.75, 3.05) is 13.6 Å². The lowest BCUT2D eigenvalue weighted by Gasteiger charge is -2.36. The highest BCUT2D eigenvalue weighted by Crippen LogP contribution is 2.37. The first kappa shape index (κ1) is 14.1. The lowest BCUT2D eigenvalue weighted by atomic mass is 9.73. The third-order valence-electron chi connectivity index (χ3n) is 4.06. The van der Waals surface area contributed by atoms with Crippen LogP contribution in [-0.4, -0.2) is 29.6 Å². The predicted octanol–water partition coefficient (Wildman–Crippen LogP) is 3.05. The topological polar surface area (TPSA) is 53.7 Å². The molecule has 0 amide bonds. The highest BCUT2D eigenvalue weighted by molar-refractivity contribution is 5.75. The third-order valence-corrected chi connectivity index (χ3v) is 4.06. The second kappa shape index (κ2) is 5.78. The van der Waals surface area contributed by atoms with Crippen LogP contribution in [0.3, 0.4) is 0 Å². The summed E-state index contributed by atoms with van der Waals surface area (Å²) in [6, 6.07) is 3.90. The summed E-state index contributed by atoms with van der Waals surface area (Å²) in [4.78, 5) is 13.7. The van der Waals surface area contributed by atoms with Gasteiger partial charge in [-0.05, 0) is 38.9 Å². The number of furan rings is 1. The summed E-state index contributed by atoms with van der Waals surface area (Å²) in [5.74, 6) is 1.15. The maximum atomic E-state index is 11.6. The van der Waals surface area contributed by atoms with Gasteiger partial charge in [0.15, 0.2) is 0 Å². The van der Waals surface area contributed by atoms with Crippen LogP contribution in [0.1, 0.15) is 43.6 Å². The van der Waals surface area contributed by atoms with E-state index >= 15 is 0 Å². The molecule has 2 rings (SSSR count). The molecule has 0 unspecified atom stereocenters. The Morgan fingerprint density at radius 1 is 1.37 bits per heavy atom. The van der Waals surface area contributed by atoms with Crippen LogP contribution >= 0.6 is 0 Å². The molecule has 1 N–H and O–H groups in total. The molecular weight excluding hydrogens is 242 g/mol. The molecule has 0 aromatic carbocycles. The summed E-state index contributed by atoms with van der Waals surface area (Å²) in [6.45, 7) is 3.19. The molecule has 0 spiro atoms. The fourth-order valence-electron chi connectivity index (χ4n) is 3.08. The molecule has 0 radical (unpaired) electrons.